The molecule has 0 aliphatic rings. The van der Waals surface area contributed by atoms with Crippen molar-refractivity contribution in [2.75, 3.05) is 6.54 Å². The van der Waals surface area contributed by atoms with Gasteiger partial charge in [-0.05, 0) is 12.5 Å². The van der Waals surface area contributed by atoms with Gasteiger partial charge in [-0.25, -0.2) is 4.79 Å². The number of amides is 1. The number of ether oxygens (including phenoxy) is 1. The van der Waals surface area contributed by atoms with E-state index in [1.54, 1.807) is 0 Å². The monoisotopic (exact) mass is 237 g/mol. The molecule has 1 amide bonds. The third-order valence-corrected chi connectivity index (χ3v) is 2.10. The van der Waals surface area contributed by atoms with Crippen LogP contribution in [0.3, 0.4) is 0 Å². The molecule has 0 aliphatic carbocycles. The van der Waals surface area contributed by atoms with Crippen LogP contribution in [-0.4, -0.2) is 23.7 Å². The predicted molar refractivity (Wildman–Crippen MR) is 61.6 cm³/mol. The van der Waals surface area contributed by atoms with Gasteiger partial charge < -0.3 is 15.2 Å². The van der Waals surface area contributed by atoms with Gasteiger partial charge in [0.25, 0.3) is 0 Å². The number of alkyl carbamates (subject to hydrolysis) is 1. The molecule has 0 aromatic heterocycles. The summed E-state index contributed by atoms with van der Waals surface area (Å²) in [6.07, 6.45) is -0.716. The molecule has 0 spiro atoms. The first-order valence-electron chi connectivity index (χ1n) is 5.26. The summed E-state index contributed by atoms with van der Waals surface area (Å²) in [5, 5.41) is 10.7. The number of benzene rings is 1. The second-order valence-electron chi connectivity index (χ2n) is 3.63. The number of hydrogen-bond acceptors (Lipinski definition) is 3. The van der Waals surface area contributed by atoms with Crippen molar-refractivity contribution < 1.29 is 19.4 Å². The number of aryl methyl sites for hydroxylation is 1. The Balaban J connectivity index is 2.23. The van der Waals surface area contributed by atoms with Crippen LogP contribution in [0.2, 0.25) is 0 Å². The molecule has 1 aromatic rings. The second kappa shape index (κ2) is 6.52. The molecule has 0 radical (unpaired) electrons. The summed E-state index contributed by atoms with van der Waals surface area (Å²) in [6.45, 7) is 2.23. The summed E-state index contributed by atoms with van der Waals surface area (Å²) in [4.78, 5) is 21.3. The first-order chi connectivity index (χ1) is 8.08. The number of hydrogen-bond donors (Lipinski definition) is 2. The van der Waals surface area contributed by atoms with Crippen molar-refractivity contribution in [1.29, 1.82) is 0 Å². The van der Waals surface area contributed by atoms with Crippen molar-refractivity contribution in [3.8, 4) is 0 Å². The second-order valence-corrected chi connectivity index (χ2v) is 3.63. The van der Waals surface area contributed by atoms with Gasteiger partial charge in [0.1, 0.15) is 6.61 Å². The largest absolute Gasteiger partial charge is 0.481 e. The molecular formula is C12H15NO4. The van der Waals surface area contributed by atoms with Crippen molar-refractivity contribution in [3.05, 3.63) is 35.4 Å². The first-order valence-corrected chi connectivity index (χ1v) is 5.26. The molecule has 0 aliphatic heterocycles. The molecule has 0 saturated carbocycles. The molecule has 5 nitrogen and oxygen atoms in total. The normalized spacial score (nSPS) is 9.71. The van der Waals surface area contributed by atoms with E-state index in [2.05, 4.69) is 5.32 Å². The Morgan fingerprint density at radius 3 is 2.53 bits per heavy atom. The van der Waals surface area contributed by atoms with Gasteiger partial charge in [-0.15, -0.1) is 0 Å². The highest BCUT2D eigenvalue weighted by molar-refractivity contribution is 5.70. The van der Waals surface area contributed by atoms with Crippen molar-refractivity contribution in [2.45, 2.75) is 20.0 Å². The van der Waals surface area contributed by atoms with Gasteiger partial charge in [0.2, 0.25) is 0 Å². The Kier molecular flexibility index (Phi) is 5.00. The highest BCUT2D eigenvalue weighted by atomic mass is 16.5. The minimum absolute atomic E-state index is 0.0715. The van der Waals surface area contributed by atoms with E-state index >= 15 is 0 Å². The molecule has 1 aromatic carbocycles. The quantitative estimate of drug-likeness (QED) is 0.817. The van der Waals surface area contributed by atoms with Crippen LogP contribution in [0.15, 0.2) is 24.3 Å². The van der Waals surface area contributed by atoms with Gasteiger partial charge in [-0.1, -0.05) is 29.8 Å². The minimum atomic E-state index is -0.955. The zero-order valence-corrected chi connectivity index (χ0v) is 9.60. The molecule has 0 bridgehead atoms. The zero-order valence-electron chi connectivity index (χ0n) is 9.60. The molecule has 5 heteroatoms. The lowest BCUT2D eigenvalue weighted by Crippen LogP contribution is -2.26. The highest BCUT2D eigenvalue weighted by Gasteiger charge is 2.03. The molecule has 0 saturated heterocycles. The van der Waals surface area contributed by atoms with Crippen LogP contribution in [0.5, 0.6) is 0 Å². The van der Waals surface area contributed by atoms with Crippen molar-refractivity contribution in [2.24, 2.45) is 0 Å². The fraction of sp³-hybridized carbons (Fsp3) is 0.333. The Hall–Kier alpha value is -2.04. The fourth-order valence-electron chi connectivity index (χ4n) is 1.16. The summed E-state index contributed by atoms with van der Waals surface area (Å²) in [5.41, 5.74) is 2.03. The predicted octanol–water partition coefficient (Wildman–Crippen LogP) is 1.70. The summed E-state index contributed by atoms with van der Waals surface area (Å²) >= 11 is 0. The van der Waals surface area contributed by atoms with E-state index in [0.29, 0.717) is 0 Å². The number of carbonyl (C=O) groups excluding carboxylic acids is 1. The van der Waals surface area contributed by atoms with Crippen molar-refractivity contribution >= 4 is 12.1 Å². The van der Waals surface area contributed by atoms with Gasteiger partial charge in [-0.3, -0.25) is 4.79 Å². The Morgan fingerprint density at radius 2 is 1.94 bits per heavy atom. The topological polar surface area (TPSA) is 75.6 Å². The highest BCUT2D eigenvalue weighted by Crippen LogP contribution is 2.04. The van der Waals surface area contributed by atoms with E-state index in [1.165, 1.54) is 0 Å². The average Bonchev–Trinajstić information content (AvgIpc) is 2.28. The molecule has 1 rings (SSSR count). The lowest BCUT2D eigenvalue weighted by atomic mass is 10.2. The van der Waals surface area contributed by atoms with E-state index in [0.717, 1.165) is 11.1 Å². The van der Waals surface area contributed by atoms with Crippen molar-refractivity contribution in [3.63, 3.8) is 0 Å². The molecule has 17 heavy (non-hydrogen) atoms. The Labute approximate surface area is 99.4 Å². The van der Waals surface area contributed by atoms with Crippen LogP contribution in [0, 0.1) is 6.92 Å². The third kappa shape index (κ3) is 5.55. The molecule has 2 N–H and O–H groups in total. The Morgan fingerprint density at radius 1 is 1.29 bits per heavy atom. The summed E-state index contributed by atoms with van der Waals surface area (Å²) < 4.78 is 4.91. The number of carboxylic acids is 1. The molecule has 0 atom stereocenters. The average molecular weight is 237 g/mol. The van der Waals surface area contributed by atoms with Gasteiger partial charge in [0.05, 0.1) is 6.42 Å². The number of rotatable bonds is 5. The number of nitrogens with one attached hydrogen (secondary N) is 1. The first kappa shape index (κ1) is 13.0. The summed E-state index contributed by atoms with van der Waals surface area (Å²) in [7, 11) is 0. The molecular weight excluding hydrogens is 222 g/mol. The van der Waals surface area contributed by atoms with Gasteiger partial charge >= 0.3 is 12.1 Å². The minimum Gasteiger partial charge on any atom is -0.481 e. The van der Waals surface area contributed by atoms with Crippen LogP contribution < -0.4 is 5.32 Å². The van der Waals surface area contributed by atoms with Gasteiger partial charge in [0, 0.05) is 6.54 Å². The maximum atomic E-state index is 11.1. The maximum Gasteiger partial charge on any atom is 0.407 e. The molecule has 0 heterocycles. The lowest BCUT2D eigenvalue weighted by molar-refractivity contribution is -0.136. The van der Waals surface area contributed by atoms with Crippen LogP contribution in [0.1, 0.15) is 17.5 Å². The van der Waals surface area contributed by atoms with Crippen LogP contribution >= 0.6 is 0 Å². The number of carboxylic acid groups (broad SMARTS) is 1. The number of carbonyl (C=O) groups is 2. The van der Waals surface area contributed by atoms with Crippen LogP contribution in [0.4, 0.5) is 4.79 Å². The summed E-state index contributed by atoms with van der Waals surface area (Å²) in [6, 6.07) is 7.61. The number of aliphatic carboxylic acids is 1. The fourth-order valence-corrected chi connectivity index (χ4v) is 1.16. The Bertz CT molecular complexity index is 386. The van der Waals surface area contributed by atoms with Crippen molar-refractivity contribution in [1.82, 2.24) is 5.32 Å². The maximum absolute atomic E-state index is 11.1. The van der Waals surface area contributed by atoms with Crippen LogP contribution in [0.25, 0.3) is 0 Å². The van der Waals surface area contributed by atoms with Crippen LogP contribution in [-0.2, 0) is 16.1 Å². The van der Waals surface area contributed by atoms with Gasteiger partial charge in [-0.2, -0.15) is 0 Å². The molecule has 0 unspecified atom stereocenters. The smallest absolute Gasteiger partial charge is 0.407 e. The third-order valence-electron chi connectivity index (χ3n) is 2.10. The molecule has 92 valence electrons. The zero-order chi connectivity index (χ0) is 12.7. The lowest BCUT2D eigenvalue weighted by Gasteiger charge is -2.06. The van der Waals surface area contributed by atoms with Gasteiger partial charge in [0.15, 0.2) is 0 Å². The van der Waals surface area contributed by atoms with E-state index in [1.807, 2.05) is 31.2 Å². The van der Waals surface area contributed by atoms with E-state index < -0.39 is 12.1 Å². The SMILES string of the molecule is Cc1ccc(COC(=O)NCCC(=O)O)cc1. The molecule has 0 fully saturated rings. The van der Waals surface area contributed by atoms with E-state index in [4.69, 9.17) is 9.84 Å². The van der Waals surface area contributed by atoms with E-state index in [-0.39, 0.29) is 19.6 Å². The summed E-state index contributed by atoms with van der Waals surface area (Å²) in [5.74, 6) is -0.955. The standard InChI is InChI=1S/C12H15NO4/c1-9-2-4-10(5-3-9)8-17-12(16)13-7-6-11(14)15/h2-5H,6-8H2,1H3,(H,13,16)(H,14,15). The van der Waals surface area contributed by atoms with E-state index in [9.17, 15) is 9.59 Å².